The maximum atomic E-state index is 5.31. The van der Waals surface area contributed by atoms with Gasteiger partial charge in [0.2, 0.25) is 0 Å². The van der Waals surface area contributed by atoms with Crippen molar-refractivity contribution >= 4 is 17.5 Å². The molecule has 0 fully saturated rings. The molecule has 146 valence electrons. The van der Waals surface area contributed by atoms with E-state index in [4.69, 9.17) is 14.6 Å². The highest BCUT2D eigenvalue weighted by Gasteiger charge is 2.28. The van der Waals surface area contributed by atoms with E-state index in [-0.39, 0.29) is 6.04 Å². The second kappa shape index (κ2) is 8.65. The van der Waals surface area contributed by atoms with Crippen LogP contribution < -0.4 is 14.5 Å². The molecule has 4 nitrogen and oxygen atoms in total. The van der Waals surface area contributed by atoms with Crippen LogP contribution >= 0.6 is 0 Å². The molecule has 29 heavy (non-hydrogen) atoms. The van der Waals surface area contributed by atoms with Crippen molar-refractivity contribution in [3.63, 3.8) is 0 Å². The van der Waals surface area contributed by atoms with E-state index in [9.17, 15) is 0 Å². The lowest BCUT2D eigenvalue weighted by atomic mass is 10.0. The van der Waals surface area contributed by atoms with Crippen molar-refractivity contribution in [1.29, 1.82) is 0 Å². The average Bonchev–Trinajstić information content (AvgIpc) is 3.23. The van der Waals surface area contributed by atoms with E-state index in [1.807, 2.05) is 54.6 Å². The molecule has 0 spiro atoms. The first-order chi connectivity index (χ1) is 14.3. The van der Waals surface area contributed by atoms with Crippen LogP contribution in [0.3, 0.4) is 0 Å². The Morgan fingerprint density at radius 1 is 0.793 bits per heavy atom. The van der Waals surface area contributed by atoms with E-state index in [1.54, 1.807) is 14.2 Å². The average molecular weight is 384 g/mol. The van der Waals surface area contributed by atoms with Crippen LogP contribution in [0.25, 0.3) is 6.08 Å². The first kappa shape index (κ1) is 18.8. The van der Waals surface area contributed by atoms with Gasteiger partial charge in [-0.1, -0.05) is 48.5 Å². The quantitative estimate of drug-likeness (QED) is 0.545. The topological polar surface area (TPSA) is 34.1 Å². The molecule has 4 heteroatoms. The highest BCUT2D eigenvalue weighted by atomic mass is 16.5. The number of para-hydroxylation sites is 1. The molecule has 0 radical (unpaired) electrons. The van der Waals surface area contributed by atoms with Gasteiger partial charge in [-0.3, -0.25) is 5.01 Å². The number of benzene rings is 3. The lowest BCUT2D eigenvalue weighted by Gasteiger charge is -2.24. The number of nitrogens with zero attached hydrogens (tertiary/aromatic N) is 2. The van der Waals surface area contributed by atoms with Gasteiger partial charge in [-0.2, -0.15) is 5.10 Å². The smallest absolute Gasteiger partial charge is 0.118 e. The van der Waals surface area contributed by atoms with Crippen LogP contribution in [-0.2, 0) is 0 Å². The summed E-state index contributed by atoms with van der Waals surface area (Å²) in [5.74, 6) is 1.72. The molecule has 0 bridgehead atoms. The molecule has 0 aromatic heterocycles. The number of rotatable bonds is 6. The molecule has 1 aliphatic rings. The molecule has 0 aliphatic carbocycles. The Hall–Kier alpha value is -3.53. The highest BCUT2D eigenvalue weighted by Crippen LogP contribution is 2.36. The maximum Gasteiger partial charge on any atom is 0.118 e. The number of allylic oxidation sites excluding steroid dienone is 1. The van der Waals surface area contributed by atoms with Crippen LogP contribution in [0, 0.1) is 0 Å². The van der Waals surface area contributed by atoms with Crippen LogP contribution in [0.1, 0.15) is 23.6 Å². The fraction of sp³-hybridized carbons (Fsp3) is 0.160. The molecular weight excluding hydrogens is 360 g/mol. The first-order valence-corrected chi connectivity index (χ1v) is 9.64. The summed E-state index contributed by atoms with van der Waals surface area (Å²) in [5, 5.41) is 7.02. The van der Waals surface area contributed by atoms with Gasteiger partial charge in [-0.15, -0.1) is 0 Å². The number of hydrazone groups is 1. The monoisotopic (exact) mass is 384 g/mol. The van der Waals surface area contributed by atoms with E-state index in [0.717, 1.165) is 34.9 Å². The van der Waals surface area contributed by atoms with Crippen molar-refractivity contribution in [2.24, 2.45) is 5.10 Å². The van der Waals surface area contributed by atoms with Gasteiger partial charge in [0.05, 0.1) is 31.7 Å². The van der Waals surface area contributed by atoms with Gasteiger partial charge in [-0.05, 0) is 53.6 Å². The van der Waals surface area contributed by atoms with E-state index in [1.165, 1.54) is 5.56 Å². The van der Waals surface area contributed by atoms with Crippen molar-refractivity contribution in [2.75, 3.05) is 19.2 Å². The number of hydrogen-bond donors (Lipinski definition) is 0. The molecule has 1 unspecified atom stereocenters. The summed E-state index contributed by atoms with van der Waals surface area (Å²) in [7, 11) is 3.36. The molecule has 3 aromatic rings. The molecule has 1 aliphatic heterocycles. The van der Waals surface area contributed by atoms with E-state index < -0.39 is 0 Å². The summed E-state index contributed by atoms with van der Waals surface area (Å²) in [6.45, 7) is 0. The molecule has 0 saturated heterocycles. The maximum absolute atomic E-state index is 5.31. The highest BCUT2D eigenvalue weighted by molar-refractivity contribution is 6.01. The molecule has 4 rings (SSSR count). The van der Waals surface area contributed by atoms with Crippen molar-refractivity contribution in [1.82, 2.24) is 0 Å². The number of ether oxygens (including phenoxy) is 2. The van der Waals surface area contributed by atoms with Crippen molar-refractivity contribution in [2.45, 2.75) is 12.5 Å². The van der Waals surface area contributed by atoms with Crippen molar-refractivity contribution in [3.8, 4) is 11.5 Å². The predicted molar refractivity (Wildman–Crippen MR) is 119 cm³/mol. The minimum absolute atomic E-state index is 0.152. The molecular formula is C25H24N2O2. The predicted octanol–water partition coefficient (Wildman–Crippen LogP) is 5.72. The zero-order valence-electron chi connectivity index (χ0n) is 16.7. The largest absolute Gasteiger partial charge is 0.497 e. The number of methoxy groups -OCH3 is 2. The van der Waals surface area contributed by atoms with Crippen molar-refractivity contribution < 1.29 is 9.47 Å². The molecule has 0 saturated carbocycles. The van der Waals surface area contributed by atoms with Crippen LogP contribution in [0.4, 0.5) is 5.69 Å². The molecule has 3 aromatic carbocycles. The van der Waals surface area contributed by atoms with Crippen LogP contribution in [0.15, 0.2) is 90.0 Å². The Labute approximate surface area is 171 Å². The summed E-state index contributed by atoms with van der Waals surface area (Å²) in [6.07, 6.45) is 5.03. The first-order valence-electron chi connectivity index (χ1n) is 9.64. The minimum Gasteiger partial charge on any atom is -0.497 e. The summed E-state index contributed by atoms with van der Waals surface area (Å²) < 4.78 is 10.5. The summed E-state index contributed by atoms with van der Waals surface area (Å²) in [5.41, 5.74) is 4.46. The zero-order chi connectivity index (χ0) is 20.1. The standard InChI is InChI=1S/C25H24N2O2/c1-28-23-14-9-19(10-15-23)8-13-21-18-25(20-11-16-24(29-2)17-12-20)27(26-21)22-6-4-3-5-7-22/h3-17,25H,18H2,1-2H3. The zero-order valence-corrected chi connectivity index (χ0v) is 16.7. The third-order valence-corrected chi connectivity index (χ3v) is 5.04. The van der Waals surface area contributed by atoms with Gasteiger partial charge >= 0.3 is 0 Å². The lowest BCUT2D eigenvalue weighted by Crippen LogP contribution is -2.18. The van der Waals surface area contributed by atoms with Gasteiger partial charge in [0, 0.05) is 6.42 Å². The molecule has 1 heterocycles. The Morgan fingerprint density at radius 2 is 1.41 bits per heavy atom. The molecule has 0 amide bonds. The minimum atomic E-state index is 0.152. The van der Waals surface area contributed by atoms with Crippen LogP contribution in [-0.4, -0.2) is 19.9 Å². The Morgan fingerprint density at radius 3 is 2.03 bits per heavy atom. The second-order valence-corrected chi connectivity index (χ2v) is 6.87. The lowest BCUT2D eigenvalue weighted by molar-refractivity contribution is 0.414. The van der Waals surface area contributed by atoms with E-state index >= 15 is 0 Å². The Balaban J connectivity index is 1.60. The molecule has 0 N–H and O–H groups in total. The van der Waals surface area contributed by atoms with E-state index in [2.05, 4.69) is 41.4 Å². The summed E-state index contributed by atoms with van der Waals surface area (Å²) in [4.78, 5) is 0. The molecule has 1 atom stereocenters. The number of anilines is 1. The number of hydrogen-bond acceptors (Lipinski definition) is 4. The fourth-order valence-electron chi connectivity index (χ4n) is 3.45. The van der Waals surface area contributed by atoms with Gasteiger partial charge in [-0.25, -0.2) is 0 Å². The van der Waals surface area contributed by atoms with E-state index in [0.29, 0.717) is 0 Å². The third kappa shape index (κ3) is 4.32. The SMILES string of the molecule is COc1ccc(C=CC2=NN(c3ccccc3)C(c3ccc(OC)cc3)C2)cc1. The Kier molecular flexibility index (Phi) is 5.61. The van der Waals surface area contributed by atoms with Gasteiger partial charge in [0.15, 0.2) is 0 Å². The second-order valence-electron chi connectivity index (χ2n) is 6.87. The summed E-state index contributed by atoms with van der Waals surface area (Å²) in [6, 6.07) is 26.7. The third-order valence-electron chi connectivity index (χ3n) is 5.04. The van der Waals surface area contributed by atoms with Gasteiger partial charge < -0.3 is 9.47 Å². The van der Waals surface area contributed by atoms with Crippen LogP contribution in [0.2, 0.25) is 0 Å². The fourth-order valence-corrected chi connectivity index (χ4v) is 3.45. The van der Waals surface area contributed by atoms with Crippen LogP contribution in [0.5, 0.6) is 11.5 Å². The van der Waals surface area contributed by atoms with Gasteiger partial charge in [0.25, 0.3) is 0 Å². The van der Waals surface area contributed by atoms with Gasteiger partial charge in [0.1, 0.15) is 11.5 Å². The van der Waals surface area contributed by atoms with Crippen molar-refractivity contribution in [3.05, 3.63) is 96.1 Å². The Bertz CT molecular complexity index is 993. The summed E-state index contributed by atoms with van der Waals surface area (Å²) >= 11 is 0. The normalized spacial score (nSPS) is 16.1.